The van der Waals surface area contributed by atoms with Crippen molar-refractivity contribution in [2.24, 2.45) is 0 Å². The molecule has 2 aromatic carbocycles. The molecule has 3 rings (SSSR count). The molecule has 1 heterocycles. The lowest BCUT2D eigenvalue weighted by molar-refractivity contribution is -0.137. The van der Waals surface area contributed by atoms with Gasteiger partial charge in [-0.05, 0) is 49.2 Å². The summed E-state index contributed by atoms with van der Waals surface area (Å²) in [4.78, 5) is 14.6. The topological polar surface area (TPSA) is 69.7 Å². The maximum Gasteiger partial charge on any atom is 0.416 e. The molecule has 0 bridgehead atoms. The highest BCUT2D eigenvalue weighted by atomic mass is 35.5. The molecule has 0 atom stereocenters. The second kappa shape index (κ2) is 8.68. The lowest BCUT2D eigenvalue weighted by atomic mass is 10.1. The van der Waals surface area contributed by atoms with Gasteiger partial charge in [0, 0.05) is 27.2 Å². The summed E-state index contributed by atoms with van der Waals surface area (Å²) in [7, 11) is -1.15. The SMILES string of the molecule is CN(C)S(=O)(=O)c1ccc(Cl)c(C(=O)Nc2cc(C(F)(F)F)ccc2N2CCCC2)c1. The van der Waals surface area contributed by atoms with Crippen LogP contribution in [-0.4, -0.2) is 45.8 Å². The summed E-state index contributed by atoms with van der Waals surface area (Å²) in [5.74, 6) is -0.805. The van der Waals surface area contributed by atoms with Crippen LogP contribution in [0.4, 0.5) is 24.5 Å². The first-order valence-electron chi connectivity index (χ1n) is 9.41. The number of carbonyl (C=O) groups is 1. The van der Waals surface area contributed by atoms with Gasteiger partial charge in [-0.15, -0.1) is 0 Å². The number of hydrogen-bond donors (Lipinski definition) is 1. The van der Waals surface area contributed by atoms with Crippen LogP contribution in [0.1, 0.15) is 28.8 Å². The second-order valence-corrected chi connectivity index (χ2v) is 9.87. The molecule has 1 aliphatic heterocycles. The van der Waals surface area contributed by atoms with E-state index in [9.17, 15) is 26.4 Å². The predicted octanol–water partition coefficient (Wildman–Crippen LogP) is 4.46. The number of amides is 1. The van der Waals surface area contributed by atoms with Crippen molar-refractivity contribution in [1.82, 2.24) is 4.31 Å². The van der Waals surface area contributed by atoms with Crippen molar-refractivity contribution in [3.63, 3.8) is 0 Å². The van der Waals surface area contributed by atoms with E-state index < -0.39 is 27.7 Å². The first kappa shape index (κ1) is 23.4. The third kappa shape index (κ3) is 4.97. The van der Waals surface area contributed by atoms with Crippen LogP contribution < -0.4 is 10.2 Å². The first-order valence-corrected chi connectivity index (χ1v) is 11.2. The minimum Gasteiger partial charge on any atom is -0.370 e. The second-order valence-electron chi connectivity index (χ2n) is 7.31. The van der Waals surface area contributed by atoms with Crippen molar-refractivity contribution in [3.05, 3.63) is 52.5 Å². The lowest BCUT2D eigenvalue weighted by Gasteiger charge is -2.23. The number of nitrogens with one attached hydrogen (secondary N) is 1. The van der Waals surface area contributed by atoms with E-state index in [2.05, 4.69) is 5.32 Å². The minimum absolute atomic E-state index is 0.0151. The molecular weight excluding hydrogens is 455 g/mol. The average Bonchev–Trinajstić information content (AvgIpc) is 3.21. The molecule has 6 nitrogen and oxygen atoms in total. The molecule has 0 aliphatic carbocycles. The lowest BCUT2D eigenvalue weighted by Crippen LogP contribution is -2.24. The van der Waals surface area contributed by atoms with Gasteiger partial charge >= 0.3 is 6.18 Å². The zero-order valence-corrected chi connectivity index (χ0v) is 18.4. The molecule has 0 saturated carbocycles. The summed E-state index contributed by atoms with van der Waals surface area (Å²) < 4.78 is 65.5. The Balaban J connectivity index is 2.01. The van der Waals surface area contributed by atoms with Gasteiger partial charge < -0.3 is 10.2 Å². The van der Waals surface area contributed by atoms with Crippen LogP contribution in [0, 0.1) is 0 Å². The molecule has 2 aromatic rings. The van der Waals surface area contributed by atoms with Crippen LogP contribution in [-0.2, 0) is 16.2 Å². The number of alkyl halides is 3. The fraction of sp³-hybridized carbons (Fsp3) is 0.350. The van der Waals surface area contributed by atoms with Gasteiger partial charge in [0.2, 0.25) is 10.0 Å². The zero-order chi connectivity index (χ0) is 23.0. The van der Waals surface area contributed by atoms with E-state index in [1.54, 1.807) is 0 Å². The standard InChI is InChI=1S/C20H21ClF3N3O3S/c1-26(2)31(29,30)14-6-7-16(21)15(12-14)19(28)25-17-11-13(20(22,23)24)5-8-18(17)27-9-3-4-10-27/h5-8,11-12H,3-4,9-10H2,1-2H3,(H,25,28). The zero-order valence-electron chi connectivity index (χ0n) is 16.8. The number of sulfonamides is 1. The van der Waals surface area contributed by atoms with Crippen molar-refractivity contribution in [2.75, 3.05) is 37.4 Å². The van der Waals surface area contributed by atoms with Crippen LogP contribution in [0.25, 0.3) is 0 Å². The summed E-state index contributed by atoms with van der Waals surface area (Å²) in [6.07, 6.45) is -2.80. The monoisotopic (exact) mass is 475 g/mol. The van der Waals surface area contributed by atoms with Gasteiger partial charge in [0.1, 0.15) is 0 Å². The molecule has 1 saturated heterocycles. The van der Waals surface area contributed by atoms with Gasteiger partial charge in [-0.25, -0.2) is 12.7 Å². The summed E-state index contributed by atoms with van der Waals surface area (Å²) in [6.45, 7) is 1.32. The van der Waals surface area contributed by atoms with E-state index in [0.717, 1.165) is 35.3 Å². The van der Waals surface area contributed by atoms with Crippen molar-refractivity contribution in [3.8, 4) is 0 Å². The fourth-order valence-electron chi connectivity index (χ4n) is 3.29. The molecule has 1 amide bonds. The number of carbonyl (C=O) groups excluding carboxylic acids is 1. The van der Waals surface area contributed by atoms with Gasteiger partial charge in [-0.2, -0.15) is 13.2 Å². The van der Waals surface area contributed by atoms with Crippen LogP contribution in [0.3, 0.4) is 0 Å². The summed E-state index contributed by atoms with van der Waals surface area (Å²) in [5.41, 5.74) is -0.610. The van der Waals surface area contributed by atoms with Gasteiger partial charge in [-0.3, -0.25) is 4.79 Å². The molecule has 0 spiro atoms. The average molecular weight is 476 g/mol. The summed E-state index contributed by atoms with van der Waals surface area (Å²) in [6, 6.07) is 6.81. The van der Waals surface area contributed by atoms with Crippen molar-refractivity contribution in [1.29, 1.82) is 0 Å². The molecule has 0 aromatic heterocycles. The Kier molecular flexibility index (Phi) is 6.54. The largest absolute Gasteiger partial charge is 0.416 e. The van der Waals surface area contributed by atoms with E-state index in [-0.39, 0.29) is 21.2 Å². The molecule has 11 heteroatoms. The summed E-state index contributed by atoms with van der Waals surface area (Å²) in [5, 5.41) is 2.47. The Morgan fingerprint density at radius 1 is 1.10 bits per heavy atom. The van der Waals surface area contributed by atoms with E-state index in [0.29, 0.717) is 18.8 Å². The molecule has 0 radical (unpaired) electrons. The van der Waals surface area contributed by atoms with Crippen LogP contribution in [0.15, 0.2) is 41.3 Å². The van der Waals surface area contributed by atoms with Crippen molar-refractivity contribution < 1.29 is 26.4 Å². The van der Waals surface area contributed by atoms with Crippen molar-refractivity contribution >= 4 is 38.9 Å². The minimum atomic E-state index is -4.58. The quantitative estimate of drug-likeness (QED) is 0.693. The molecule has 1 aliphatic rings. The van der Waals surface area contributed by atoms with E-state index in [1.165, 1.54) is 32.3 Å². The Morgan fingerprint density at radius 2 is 1.74 bits per heavy atom. The Morgan fingerprint density at radius 3 is 2.32 bits per heavy atom. The maximum absolute atomic E-state index is 13.2. The molecule has 1 N–H and O–H groups in total. The number of anilines is 2. The molecule has 0 unspecified atom stereocenters. The van der Waals surface area contributed by atoms with Crippen LogP contribution in [0.2, 0.25) is 5.02 Å². The fourth-order valence-corrected chi connectivity index (χ4v) is 4.42. The Hall–Kier alpha value is -2.30. The van der Waals surface area contributed by atoms with Gasteiger partial charge in [0.05, 0.1) is 32.4 Å². The van der Waals surface area contributed by atoms with E-state index in [1.807, 2.05) is 4.90 Å². The summed E-state index contributed by atoms with van der Waals surface area (Å²) >= 11 is 6.10. The number of hydrogen-bond acceptors (Lipinski definition) is 4. The number of rotatable bonds is 5. The molecule has 1 fully saturated rings. The van der Waals surface area contributed by atoms with Gasteiger partial charge in [0.15, 0.2) is 0 Å². The Bertz CT molecular complexity index is 1100. The predicted molar refractivity (Wildman–Crippen MR) is 113 cm³/mol. The number of nitrogens with zero attached hydrogens (tertiary/aromatic N) is 2. The molecule has 168 valence electrons. The normalized spacial score (nSPS) is 14.9. The van der Waals surface area contributed by atoms with E-state index >= 15 is 0 Å². The number of benzene rings is 2. The highest BCUT2D eigenvalue weighted by Crippen LogP contribution is 2.37. The Labute approximate surface area is 183 Å². The van der Waals surface area contributed by atoms with Gasteiger partial charge in [-0.1, -0.05) is 11.6 Å². The first-order chi connectivity index (χ1) is 14.4. The van der Waals surface area contributed by atoms with Crippen molar-refractivity contribution in [2.45, 2.75) is 23.9 Å². The third-order valence-corrected chi connectivity index (χ3v) is 7.12. The maximum atomic E-state index is 13.2. The smallest absolute Gasteiger partial charge is 0.370 e. The molecule has 31 heavy (non-hydrogen) atoms. The molecular formula is C20H21ClF3N3O3S. The highest BCUT2D eigenvalue weighted by molar-refractivity contribution is 7.89. The highest BCUT2D eigenvalue weighted by Gasteiger charge is 2.32. The van der Waals surface area contributed by atoms with E-state index in [4.69, 9.17) is 11.6 Å². The third-order valence-electron chi connectivity index (χ3n) is 4.98. The van der Waals surface area contributed by atoms with Crippen LogP contribution in [0.5, 0.6) is 0 Å². The van der Waals surface area contributed by atoms with Crippen LogP contribution >= 0.6 is 11.6 Å². The number of halogens is 4. The van der Waals surface area contributed by atoms with Gasteiger partial charge in [0.25, 0.3) is 5.91 Å².